The van der Waals surface area contributed by atoms with Crippen LogP contribution < -0.4 is 14.8 Å². The Labute approximate surface area is 149 Å². The Morgan fingerprint density at radius 1 is 1.17 bits per heavy atom. The van der Waals surface area contributed by atoms with Crippen LogP contribution in [0.1, 0.15) is 15.9 Å². The van der Waals surface area contributed by atoms with E-state index in [2.05, 4.69) is 5.32 Å². The molecule has 126 valence electrons. The molecule has 5 nitrogen and oxygen atoms in total. The monoisotopic (exact) mass is 367 g/mol. The van der Waals surface area contributed by atoms with Gasteiger partial charge in [-0.05, 0) is 35.9 Å². The van der Waals surface area contributed by atoms with Gasteiger partial charge >= 0.3 is 0 Å². The van der Waals surface area contributed by atoms with Gasteiger partial charge in [0.1, 0.15) is 6.29 Å². The molecule has 0 radical (unpaired) electrons. The van der Waals surface area contributed by atoms with E-state index in [9.17, 15) is 9.59 Å². The second-order valence-corrected chi connectivity index (χ2v) is 5.67. The summed E-state index contributed by atoms with van der Waals surface area (Å²) in [5, 5.41) is 3.71. The molecule has 0 unspecified atom stereocenters. The van der Waals surface area contributed by atoms with Crippen LogP contribution in [0.3, 0.4) is 0 Å². The van der Waals surface area contributed by atoms with E-state index < -0.39 is 0 Å². The molecular weight excluding hydrogens is 353 g/mol. The van der Waals surface area contributed by atoms with Gasteiger partial charge in [0.15, 0.2) is 18.1 Å². The van der Waals surface area contributed by atoms with Crippen molar-refractivity contribution in [3.05, 3.63) is 57.6 Å². The minimum Gasteiger partial charge on any atom is -0.493 e. The third-order valence-electron chi connectivity index (χ3n) is 3.17. The third kappa shape index (κ3) is 4.88. The molecule has 0 aliphatic rings. The summed E-state index contributed by atoms with van der Waals surface area (Å²) in [6, 6.07) is 9.74. The summed E-state index contributed by atoms with van der Waals surface area (Å²) in [5.74, 6) is 0.443. The molecule has 2 aromatic rings. The van der Waals surface area contributed by atoms with E-state index in [-0.39, 0.29) is 19.1 Å². The number of nitrogens with one attached hydrogen (secondary N) is 1. The average Bonchev–Trinajstić information content (AvgIpc) is 2.59. The second kappa shape index (κ2) is 8.57. The number of carbonyl (C=O) groups is 2. The first-order valence-corrected chi connectivity index (χ1v) is 7.75. The molecule has 0 heterocycles. The molecule has 0 aliphatic carbocycles. The van der Waals surface area contributed by atoms with E-state index in [1.165, 1.54) is 13.2 Å². The van der Waals surface area contributed by atoms with Gasteiger partial charge in [-0.1, -0.05) is 29.3 Å². The first kappa shape index (κ1) is 18.1. The highest BCUT2D eigenvalue weighted by atomic mass is 35.5. The molecule has 0 bridgehead atoms. The van der Waals surface area contributed by atoms with Crippen LogP contribution in [-0.2, 0) is 11.3 Å². The highest BCUT2D eigenvalue weighted by Gasteiger charge is 2.09. The Balaban J connectivity index is 1.90. The van der Waals surface area contributed by atoms with Crippen molar-refractivity contribution in [1.82, 2.24) is 5.32 Å². The van der Waals surface area contributed by atoms with Crippen molar-refractivity contribution in [2.24, 2.45) is 0 Å². The number of halogens is 2. The van der Waals surface area contributed by atoms with Crippen molar-refractivity contribution in [3.8, 4) is 11.5 Å². The molecular formula is C17H15Cl2NO4. The van der Waals surface area contributed by atoms with Crippen molar-refractivity contribution in [2.75, 3.05) is 13.7 Å². The number of hydrogen-bond acceptors (Lipinski definition) is 4. The number of methoxy groups -OCH3 is 1. The molecule has 7 heteroatoms. The van der Waals surface area contributed by atoms with E-state index in [1.54, 1.807) is 30.3 Å². The van der Waals surface area contributed by atoms with Crippen LogP contribution in [0.2, 0.25) is 10.0 Å². The van der Waals surface area contributed by atoms with Crippen molar-refractivity contribution in [3.63, 3.8) is 0 Å². The number of hydrogen-bond donors (Lipinski definition) is 1. The predicted octanol–water partition coefficient (Wildman–Crippen LogP) is 3.51. The van der Waals surface area contributed by atoms with Gasteiger partial charge in [0.05, 0.1) is 7.11 Å². The molecule has 0 fully saturated rings. The van der Waals surface area contributed by atoms with Crippen LogP contribution in [-0.4, -0.2) is 25.9 Å². The van der Waals surface area contributed by atoms with E-state index >= 15 is 0 Å². The Morgan fingerprint density at radius 2 is 1.96 bits per heavy atom. The quantitative estimate of drug-likeness (QED) is 0.760. The molecule has 2 rings (SSSR count). The average molecular weight is 368 g/mol. The van der Waals surface area contributed by atoms with Crippen LogP contribution in [0.5, 0.6) is 11.5 Å². The zero-order chi connectivity index (χ0) is 17.5. The van der Waals surface area contributed by atoms with Crippen molar-refractivity contribution in [1.29, 1.82) is 0 Å². The minimum atomic E-state index is -0.317. The lowest BCUT2D eigenvalue weighted by Gasteiger charge is -2.11. The van der Waals surface area contributed by atoms with Gasteiger partial charge in [-0.25, -0.2) is 0 Å². The largest absolute Gasteiger partial charge is 0.493 e. The lowest BCUT2D eigenvalue weighted by atomic mass is 10.2. The van der Waals surface area contributed by atoms with Crippen LogP contribution in [0.25, 0.3) is 0 Å². The zero-order valence-electron chi connectivity index (χ0n) is 12.8. The third-order valence-corrected chi connectivity index (χ3v) is 3.76. The van der Waals surface area contributed by atoms with E-state index in [1.807, 2.05) is 0 Å². The topological polar surface area (TPSA) is 64.6 Å². The van der Waals surface area contributed by atoms with Crippen LogP contribution in [0, 0.1) is 0 Å². The summed E-state index contributed by atoms with van der Waals surface area (Å²) in [5.41, 5.74) is 1.21. The van der Waals surface area contributed by atoms with Crippen LogP contribution >= 0.6 is 23.2 Å². The Bertz CT molecular complexity index is 749. The molecule has 0 atom stereocenters. The van der Waals surface area contributed by atoms with Crippen LogP contribution in [0.15, 0.2) is 36.4 Å². The predicted molar refractivity (Wildman–Crippen MR) is 92.2 cm³/mol. The van der Waals surface area contributed by atoms with Crippen molar-refractivity contribution >= 4 is 35.4 Å². The zero-order valence-corrected chi connectivity index (χ0v) is 14.4. The number of ether oxygens (including phenoxy) is 2. The second-order valence-electron chi connectivity index (χ2n) is 4.83. The molecule has 0 spiro atoms. The fourth-order valence-corrected chi connectivity index (χ4v) is 2.41. The Morgan fingerprint density at radius 3 is 2.62 bits per heavy atom. The van der Waals surface area contributed by atoms with E-state index in [4.69, 9.17) is 32.7 Å². The molecule has 0 saturated carbocycles. The normalized spacial score (nSPS) is 10.1. The van der Waals surface area contributed by atoms with Gasteiger partial charge in [-0.3, -0.25) is 9.59 Å². The summed E-state index contributed by atoms with van der Waals surface area (Å²) in [7, 11) is 1.46. The number of carbonyl (C=O) groups excluding carboxylic acids is 2. The highest BCUT2D eigenvalue weighted by Crippen LogP contribution is 2.27. The summed E-state index contributed by atoms with van der Waals surface area (Å²) in [6.07, 6.45) is 0.703. The minimum absolute atomic E-state index is 0.192. The fraction of sp³-hybridized carbons (Fsp3) is 0.176. The van der Waals surface area contributed by atoms with Crippen molar-refractivity contribution < 1.29 is 19.1 Å². The summed E-state index contributed by atoms with van der Waals surface area (Å²) in [6.45, 7) is 0.0708. The lowest BCUT2D eigenvalue weighted by molar-refractivity contribution is -0.123. The SMILES string of the molecule is COc1cc(C=O)ccc1OCC(=O)NCc1ccc(Cl)cc1Cl. The van der Waals surface area contributed by atoms with Gasteiger partial charge in [0, 0.05) is 22.2 Å². The highest BCUT2D eigenvalue weighted by molar-refractivity contribution is 6.35. The van der Waals surface area contributed by atoms with E-state index in [0.717, 1.165) is 5.56 Å². The maximum Gasteiger partial charge on any atom is 0.258 e. The van der Waals surface area contributed by atoms with Crippen molar-refractivity contribution in [2.45, 2.75) is 6.54 Å². The molecule has 0 aliphatic heterocycles. The molecule has 1 amide bonds. The maximum atomic E-state index is 11.9. The first-order chi connectivity index (χ1) is 11.5. The molecule has 1 N–H and O–H groups in total. The van der Waals surface area contributed by atoms with E-state index in [0.29, 0.717) is 33.4 Å². The molecule has 0 saturated heterocycles. The summed E-state index contributed by atoms with van der Waals surface area (Å²) in [4.78, 5) is 22.6. The van der Waals surface area contributed by atoms with Crippen LogP contribution in [0.4, 0.5) is 0 Å². The summed E-state index contributed by atoms with van der Waals surface area (Å²) < 4.78 is 10.6. The molecule has 0 aromatic heterocycles. The van der Waals surface area contributed by atoms with Gasteiger partial charge in [-0.15, -0.1) is 0 Å². The summed E-state index contributed by atoms with van der Waals surface area (Å²) >= 11 is 11.9. The number of benzene rings is 2. The Hall–Kier alpha value is -2.24. The number of aldehydes is 1. The van der Waals surface area contributed by atoms with Gasteiger partial charge in [-0.2, -0.15) is 0 Å². The Kier molecular flexibility index (Phi) is 6.46. The lowest BCUT2D eigenvalue weighted by Crippen LogP contribution is -2.28. The fourth-order valence-electron chi connectivity index (χ4n) is 1.93. The first-order valence-electron chi connectivity index (χ1n) is 7.00. The number of amides is 1. The number of rotatable bonds is 7. The molecule has 24 heavy (non-hydrogen) atoms. The van der Waals surface area contributed by atoms with Gasteiger partial charge in [0.2, 0.25) is 0 Å². The standard InChI is InChI=1S/C17H15Cl2NO4/c1-23-16-6-11(9-21)2-5-15(16)24-10-17(22)20-8-12-3-4-13(18)7-14(12)19/h2-7,9H,8,10H2,1H3,(H,20,22). The van der Waals surface area contributed by atoms with Gasteiger partial charge < -0.3 is 14.8 Å². The maximum absolute atomic E-state index is 11.9. The smallest absolute Gasteiger partial charge is 0.258 e. The molecule has 2 aromatic carbocycles. The van der Waals surface area contributed by atoms with Gasteiger partial charge in [0.25, 0.3) is 5.91 Å².